The van der Waals surface area contributed by atoms with E-state index in [0.717, 1.165) is 27.9 Å². The molecule has 1 aliphatic carbocycles. The molecule has 4 aromatic rings. The highest BCUT2D eigenvalue weighted by Gasteiger charge is 2.29. The predicted octanol–water partition coefficient (Wildman–Crippen LogP) is 5.17. The first-order valence-corrected chi connectivity index (χ1v) is 12.2. The highest BCUT2D eigenvalue weighted by Crippen LogP contribution is 2.44. The second-order valence-corrected chi connectivity index (χ2v) is 9.36. The quantitative estimate of drug-likeness (QED) is 0.327. The van der Waals surface area contributed by atoms with Crippen LogP contribution in [0.4, 0.5) is 9.18 Å². The number of nitrogens with one attached hydrogen (secondary N) is 1. The summed E-state index contributed by atoms with van der Waals surface area (Å²) in [6.07, 6.45) is -3.18. The SMILES string of the molecule is Cc1cc(C(O)C(O)CNC(=O)OCC2c3ccccc3-c3ccccc32)c(C)n1-c1cccc(F)c1. The lowest BCUT2D eigenvalue weighted by Gasteiger charge is -2.20. The van der Waals surface area contributed by atoms with Crippen molar-refractivity contribution >= 4 is 6.09 Å². The van der Waals surface area contributed by atoms with Crippen LogP contribution in [0.5, 0.6) is 0 Å². The van der Waals surface area contributed by atoms with E-state index in [1.165, 1.54) is 12.1 Å². The van der Waals surface area contributed by atoms with E-state index in [2.05, 4.69) is 17.4 Å². The zero-order valence-electron chi connectivity index (χ0n) is 20.7. The Morgan fingerprint density at radius 2 is 1.62 bits per heavy atom. The van der Waals surface area contributed by atoms with Crippen molar-refractivity contribution in [1.29, 1.82) is 0 Å². The molecule has 0 bridgehead atoms. The van der Waals surface area contributed by atoms with E-state index in [1.807, 2.05) is 47.9 Å². The van der Waals surface area contributed by atoms with E-state index in [4.69, 9.17) is 4.74 Å². The molecule has 2 atom stereocenters. The van der Waals surface area contributed by atoms with E-state index in [-0.39, 0.29) is 24.9 Å². The van der Waals surface area contributed by atoms with Crippen molar-refractivity contribution in [2.45, 2.75) is 32.0 Å². The van der Waals surface area contributed by atoms with Crippen LogP contribution in [-0.2, 0) is 4.74 Å². The molecule has 0 aliphatic heterocycles. The Labute approximate surface area is 215 Å². The Morgan fingerprint density at radius 1 is 0.973 bits per heavy atom. The molecule has 6 nitrogen and oxygen atoms in total. The Balaban J connectivity index is 1.21. The van der Waals surface area contributed by atoms with Gasteiger partial charge in [-0.25, -0.2) is 9.18 Å². The average Bonchev–Trinajstić information content (AvgIpc) is 3.38. The number of aliphatic hydroxyl groups excluding tert-OH is 2. The maximum absolute atomic E-state index is 13.7. The monoisotopic (exact) mass is 500 g/mol. The summed E-state index contributed by atoms with van der Waals surface area (Å²) in [4.78, 5) is 12.5. The summed E-state index contributed by atoms with van der Waals surface area (Å²) in [7, 11) is 0. The van der Waals surface area contributed by atoms with Gasteiger partial charge >= 0.3 is 6.09 Å². The summed E-state index contributed by atoms with van der Waals surface area (Å²) in [5.74, 6) is -0.429. The number of aromatic nitrogens is 1. The molecule has 0 radical (unpaired) electrons. The van der Waals surface area contributed by atoms with Crippen molar-refractivity contribution in [2.75, 3.05) is 13.2 Å². The van der Waals surface area contributed by atoms with Crippen molar-refractivity contribution in [1.82, 2.24) is 9.88 Å². The molecule has 0 fully saturated rings. The maximum Gasteiger partial charge on any atom is 0.407 e. The van der Waals surface area contributed by atoms with Gasteiger partial charge < -0.3 is 24.8 Å². The van der Waals surface area contributed by atoms with E-state index < -0.39 is 18.3 Å². The van der Waals surface area contributed by atoms with Gasteiger partial charge in [0, 0.05) is 35.1 Å². The minimum absolute atomic E-state index is 0.0677. The minimum Gasteiger partial charge on any atom is -0.449 e. The number of hydrogen-bond acceptors (Lipinski definition) is 4. The first-order chi connectivity index (χ1) is 17.8. The number of aliphatic hydroxyl groups is 2. The number of carbonyl (C=O) groups is 1. The van der Waals surface area contributed by atoms with E-state index in [9.17, 15) is 19.4 Å². The van der Waals surface area contributed by atoms with Crippen molar-refractivity contribution in [3.05, 3.63) is 113 Å². The van der Waals surface area contributed by atoms with Crippen molar-refractivity contribution in [3.63, 3.8) is 0 Å². The van der Waals surface area contributed by atoms with Crippen LogP contribution in [0.3, 0.4) is 0 Å². The van der Waals surface area contributed by atoms with Crippen LogP contribution in [0.2, 0.25) is 0 Å². The molecular formula is C30H29FN2O4. The van der Waals surface area contributed by atoms with Crippen LogP contribution >= 0.6 is 0 Å². The Bertz CT molecular complexity index is 1400. The normalized spacial score (nSPS) is 14.1. The Morgan fingerprint density at radius 3 is 2.27 bits per heavy atom. The molecule has 3 aromatic carbocycles. The fourth-order valence-electron chi connectivity index (χ4n) is 5.26. The van der Waals surface area contributed by atoms with Crippen LogP contribution in [0.25, 0.3) is 16.8 Å². The van der Waals surface area contributed by atoms with E-state index in [1.54, 1.807) is 25.1 Å². The number of halogens is 1. The number of hydrogen-bond donors (Lipinski definition) is 3. The summed E-state index contributed by atoms with van der Waals surface area (Å²) in [5, 5.41) is 24.0. The first-order valence-electron chi connectivity index (χ1n) is 12.2. The highest BCUT2D eigenvalue weighted by molar-refractivity contribution is 5.79. The van der Waals surface area contributed by atoms with Crippen molar-refractivity contribution in [2.24, 2.45) is 0 Å². The number of rotatable bonds is 7. The molecule has 1 heterocycles. The van der Waals surface area contributed by atoms with Crippen LogP contribution in [0.15, 0.2) is 78.9 Å². The molecule has 3 N–H and O–H groups in total. The van der Waals surface area contributed by atoms with Crippen molar-refractivity contribution < 1.29 is 24.1 Å². The minimum atomic E-state index is -1.26. The van der Waals surface area contributed by atoms with Gasteiger partial charge in [0.2, 0.25) is 0 Å². The van der Waals surface area contributed by atoms with Gasteiger partial charge in [-0.05, 0) is 60.4 Å². The standard InChI is InChI=1S/C30H29FN2O4/c1-18-14-26(19(2)33(18)21-9-7-8-20(31)15-21)29(35)28(34)16-32-30(36)37-17-27-24-12-5-3-10-22(24)23-11-4-6-13-25(23)27/h3-15,27-29,34-35H,16-17H2,1-2H3,(H,32,36). The fraction of sp³-hybridized carbons (Fsp3) is 0.233. The fourth-order valence-corrected chi connectivity index (χ4v) is 5.26. The second-order valence-electron chi connectivity index (χ2n) is 9.36. The van der Waals surface area contributed by atoms with Gasteiger partial charge in [0.15, 0.2) is 0 Å². The number of carbonyl (C=O) groups excluding carboxylic acids is 1. The molecule has 7 heteroatoms. The van der Waals surface area contributed by atoms with Gasteiger partial charge in [-0.2, -0.15) is 0 Å². The first kappa shape index (κ1) is 24.7. The second kappa shape index (κ2) is 10.2. The number of nitrogens with zero attached hydrogens (tertiary/aromatic N) is 1. The summed E-state index contributed by atoms with van der Waals surface area (Å²) in [6, 6.07) is 24.1. The molecule has 1 aromatic heterocycles. The summed E-state index contributed by atoms with van der Waals surface area (Å²) >= 11 is 0. The number of aryl methyl sites for hydroxylation is 1. The number of alkyl carbamates (subject to hydrolysis) is 1. The third-order valence-corrected chi connectivity index (χ3v) is 7.02. The summed E-state index contributed by atoms with van der Waals surface area (Å²) in [5.41, 5.74) is 7.09. The zero-order valence-corrected chi connectivity index (χ0v) is 20.7. The number of amides is 1. The molecule has 0 saturated carbocycles. The number of ether oxygens (including phenoxy) is 1. The smallest absolute Gasteiger partial charge is 0.407 e. The third kappa shape index (κ3) is 4.75. The molecule has 0 saturated heterocycles. The summed E-state index contributed by atoms with van der Waals surface area (Å²) in [6.45, 7) is 3.60. The lowest BCUT2D eigenvalue weighted by atomic mass is 9.98. The Kier molecular flexibility index (Phi) is 6.82. The van der Waals surface area contributed by atoms with E-state index >= 15 is 0 Å². The lowest BCUT2D eigenvalue weighted by Crippen LogP contribution is -2.36. The molecule has 190 valence electrons. The van der Waals surface area contributed by atoms with Gasteiger partial charge in [-0.15, -0.1) is 0 Å². The highest BCUT2D eigenvalue weighted by atomic mass is 19.1. The molecule has 1 aliphatic rings. The number of benzene rings is 3. The topological polar surface area (TPSA) is 83.7 Å². The predicted molar refractivity (Wildman–Crippen MR) is 139 cm³/mol. The molecule has 2 unspecified atom stereocenters. The average molecular weight is 501 g/mol. The van der Waals surface area contributed by atoms with Crippen LogP contribution < -0.4 is 5.32 Å². The maximum atomic E-state index is 13.7. The van der Waals surface area contributed by atoms with Gasteiger partial charge in [0.05, 0.1) is 0 Å². The Hall–Kier alpha value is -3.94. The third-order valence-electron chi connectivity index (χ3n) is 7.02. The lowest BCUT2D eigenvalue weighted by molar-refractivity contribution is 0.0182. The van der Waals surface area contributed by atoms with Crippen LogP contribution in [0, 0.1) is 19.7 Å². The van der Waals surface area contributed by atoms with Gasteiger partial charge in [0.1, 0.15) is 24.6 Å². The molecule has 5 rings (SSSR count). The molecule has 0 spiro atoms. The van der Waals surface area contributed by atoms with Gasteiger partial charge in [-0.1, -0.05) is 54.6 Å². The zero-order chi connectivity index (χ0) is 26.1. The van der Waals surface area contributed by atoms with Gasteiger partial charge in [-0.3, -0.25) is 0 Å². The molecule has 1 amide bonds. The van der Waals surface area contributed by atoms with Gasteiger partial charge in [0.25, 0.3) is 0 Å². The van der Waals surface area contributed by atoms with Crippen LogP contribution in [-0.4, -0.2) is 40.1 Å². The van der Waals surface area contributed by atoms with E-state index in [0.29, 0.717) is 16.9 Å². The molecule has 37 heavy (non-hydrogen) atoms. The van der Waals surface area contributed by atoms with Crippen molar-refractivity contribution in [3.8, 4) is 16.8 Å². The summed E-state index contributed by atoms with van der Waals surface area (Å²) < 4.78 is 21.1. The largest absolute Gasteiger partial charge is 0.449 e. The van der Waals surface area contributed by atoms with Crippen LogP contribution in [0.1, 0.15) is 40.1 Å². The number of fused-ring (bicyclic) bond motifs is 3. The molecular weight excluding hydrogens is 471 g/mol.